The van der Waals surface area contributed by atoms with Gasteiger partial charge in [-0.1, -0.05) is 29.8 Å². The first-order chi connectivity index (χ1) is 18.8. The molecule has 9 heteroatoms. The number of nitrogens with zero attached hydrogens (tertiary/aromatic N) is 1. The Bertz CT molecular complexity index is 1410. The number of rotatable bonds is 1. The highest BCUT2D eigenvalue weighted by Crippen LogP contribution is 2.47. The molecule has 1 spiro atoms. The molecule has 2 aliphatic heterocycles. The number of nitrogens with one attached hydrogen (secondary N) is 1. The smallest absolute Gasteiger partial charge is 0.264 e. The summed E-state index contributed by atoms with van der Waals surface area (Å²) in [6, 6.07) is 11.1. The number of anilines is 1. The average Bonchev–Trinajstić information content (AvgIpc) is 3.04. The molecule has 1 fully saturated rings. The molecule has 4 aliphatic rings. The minimum atomic E-state index is -4.02. The van der Waals surface area contributed by atoms with Crippen LogP contribution in [0, 0.1) is 11.8 Å². The molecule has 2 aromatic rings. The third-order valence-electron chi connectivity index (χ3n) is 9.06. The van der Waals surface area contributed by atoms with Crippen LogP contribution in [0.1, 0.15) is 49.7 Å². The zero-order chi connectivity index (χ0) is 27.2. The van der Waals surface area contributed by atoms with E-state index in [0.717, 1.165) is 49.4 Å². The van der Waals surface area contributed by atoms with Crippen LogP contribution in [-0.2, 0) is 31.4 Å². The van der Waals surface area contributed by atoms with Gasteiger partial charge in [-0.3, -0.25) is 4.79 Å². The van der Waals surface area contributed by atoms with Crippen molar-refractivity contribution in [1.29, 1.82) is 0 Å². The van der Waals surface area contributed by atoms with Gasteiger partial charge in [-0.25, -0.2) is 13.1 Å². The second-order valence-corrected chi connectivity index (χ2v) is 13.6. The van der Waals surface area contributed by atoms with E-state index in [1.807, 2.05) is 18.2 Å². The molecular formula is C30H35ClN2O5S. The summed E-state index contributed by atoms with van der Waals surface area (Å²) in [6.07, 6.45) is 9.64. The quantitative estimate of drug-likeness (QED) is 0.485. The number of methoxy groups -OCH3 is 1. The predicted octanol–water partition coefficient (Wildman–Crippen LogP) is 5.01. The van der Waals surface area contributed by atoms with Crippen LogP contribution in [0.2, 0.25) is 5.02 Å². The maximum Gasteiger partial charge on any atom is 0.264 e. The number of sulfonamides is 1. The van der Waals surface area contributed by atoms with E-state index in [-0.39, 0.29) is 22.8 Å². The number of aryl methyl sites for hydroxylation is 1. The Labute approximate surface area is 235 Å². The van der Waals surface area contributed by atoms with Gasteiger partial charge in [0.25, 0.3) is 10.0 Å². The highest BCUT2D eigenvalue weighted by atomic mass is 35.5. The molecule has 4 atom stereocenters. The SMILES string of the molecule is CO[C@@H]1C=CCCC(=O)NS(=O)(=O)c2ccc3c(c2)N(C[C@@H]2CC[C@H]21)C[C@@]1(CCCc2cc(Cl)ccc21)CO3. The Balaban J connectivity index is 1.45. The summed E-state index contributed by atoms with van der Waals surface area (Å²) in [6.45, 7) is 1.99. The molecule has 0 aromatic heterocycles. The first-order valence-corrected chi connectivity index (χ1v) is 15.7. The number of carbonyl (C=O) groups excluding carboxylic acids is 1. The molecule has 1 saturated carbocycles. The zero-order valence-corrected chi connectivity index (χ0v) is 23.8. The van der Waals surface area contributed by atoms with Crippen molar-refractivity contribution < 1.29 is 22.7 Å². The van der Waals surface area contributed by atoms with E-state index in [9.17, 15) is 13.2 Å². The van der Waals surface area contributed by atoms with Crippen LogP contribution < -0.4 is 14.4 Å². The fourth-order valence-electron chi connectivity index (χ4n) is 6.90. The molecular weight excluding hydrogens is 536 g/mol. The summed E-state index contributed by atoms with van der Waals surface area (Å²) >= 11 is 6.37. The number of fused-ring (bicyclic) bond motifs is 4. The Hall–Kier alpha value is -2.55. The summed E-state index contributed by atoms with van der Waals surface area (Å²) in [5.41, 5.74) is 3.05. The normalized spacial score (nSPS) is 29.9. The van der Waals surface area contributed by atoms with Crippen LogP contribution in [-0.4, -0.2) is 47.2 Å². The Kier molecular flexibility index (Phi) is 7.14. The van der Waals surface area contributed by atoms with Gasteiger partial charge < -0.3 is 14.4 Å². The lowest BCUT2D eigenvalue weighted by Gasteiger charge is -2.46. The molecule has 0 radical (unpaired) electrons. The third-order valence-corrected chi connectivity index (χ3v) is 10.7. The van der Waals surface area contributed by atoms with E-state index in [1.54, 1.807) is 19.2 Å². The maximum absolute atomic E-state index is 13.2. The van der Waals surface area contributed by atoms with E-state index in [1.165, 1.54) is 17.2 Å². The van der Waals surface area contributed by atoms with Gasteiger partial charge in [0, 0.05) is 37.1 Å². The van der Waals surface area contributed by atoms with Gasteiger partial charge in [-0.2, -0.15) is 0 Å². The molecule has 39 heavy (non-hydrogen) atoms. The van der Waals surface area contributed by atoms with Gasteiger partial charge in [0.2, 0.25) is 5.91 Å². The summed E-state index contributed by atoms with van der Waals surface area (Å²) in [5, 5.41) is 0.741. The third kappa shape index (κ3) is 5.07. The molecule has 2 aliphatic carbocycles. The maximum atomic E-state index is 13.2. The number of carbonyl (C=O) groups is 1. The van der Waals surface area contributed by atoms with Crippen molar-refractivity contribution in [2.75, 3.05) is 31.7 Å². The van der Waals surface area contributed by atoms with E-state index >= 15 is 0 Å². The largest absolute Gasteiger partial charge is 0.490 e. The summed E-state index contributed by atoms with van der Waals surface area (Å²) in [4.78, 5) is 14.9. The minimum absolute atomic E-state index is 0.0405. The van der Waals surface area contributed by atoms with Crippen LogP contribution in [0.4, 0.5) is 5.69 Å². The van der Waals surface area contributed by atoms with Crippen molar-refractivity contribution in [2.45, 2.75) is 61.4 Å². The molecule has 6 rings (SSSR count). The average molecular weight is 571 g/mol. The van der Waals surface area contributed by atoms with Gasteiger partial charge in [-0.15, -0.1) is 0 Å². The number of hydrogen-bond donors (Lipinski definition) is 1. The van der Waals surface area contributed by atoms with Crippen LogP contribution in [0.15, 0.2) is 53.4 Å². The monoisotopic (exact) mass is 570 g/mol. The van der Waals surface area contributed by atoms with Gasteiger partial charge >= 0.3 is 0 Å². The Morgan fingerprint density at radius 3 is 2.82 bits per heavy atom. The zero-order valence-electron chi connectivity index (χ0n) is 22.2. The van der Waals surface area contributed by atoms with Gasteiger partial charge in [0.15, 0.2) is 0 Å². The lowest BCUT2D eigenvalue weighted by atomic mass is 9.68. The topological polar surface area (TPSA) is 84.9 Å². The molecule has 1 amide bonds. The van der Waals surface area contributed by atoms with E-state index in [4.69, 9.17) is 21.1 Å². The minimum Gasteiger partial charge on any atom is -0.490 e. The summed E-state index contributed by atoms with van der Waals surface area (Å²) in [5.74, 6) is 0.894. The first-order valence-electron chi connectivity index (χ1n) is 13.8. The van der Waals surface area contributed by atoms with Crippen molar-refractivity contribution in [3.05, 3.63) is 64.7 Å². The molecule has 2 heterocycles. The molecule has 7 nitrogen and oxygen atoms in total. The first kappa shape index (κ1) is 26.7. The number of amides is 1. The lowest BCUT2D eigenvalue weighted by molar-refractivity contribution is -0.119. The van der Waals surface area contributed by atoms with Crippen LogP contribution in [0.3, 0.4) is 0 Å². The van der Waals surface area contributed by atoms with Crippen molar-refractivity contribution in [3.63, 3.8) is 0 Å². The molecule has 1 N–H and O–H groups in total. The van der Waals surface area contributed by atoms with Crippen molar-refractivity contribution >= 4 is 33.2 Å². The Morgan fingerprint density at radius 1 is 1.15 bits per heavy atom. The van der Waals surface area contributed by atoms with Crippen molar-refractivity contribution in [3.8, 4) is 5.75 Å². The number of benzene rings is 2. The van der Waals surface area contributed by atoms with E-state index < -0.39 is 15.9 Å². The number of hydrogen-bond acceptors (Lipinski definition) is 6. The Morgan fingerprint density at radius 2 is 2.03 bits per heavy atom. The molecule has 208 valence electrons. The highest BCUT2D eigenvalue weighted by molar-refractivity contribution is 7.90. The standard InChI is InChI=1S/C30H35ClN2O5S/c1-37-27-6-2-3-7-29(34)32-39(35,36)23-10-13-28-26(16-23)33(17-21-8-11-24(21)27)18-30(19-38-28)14-4-5-20-15-22(31)9-12-25(20)30/h2,6,9-10,12-13,15-16,21,24,27H,3-5,7-8,11,14,17-19H2,1H3,(H,32,34)/t21-,24+,27+,30-/m0/s1. The van der Waals surface area contributed by atoms with Crippen LogP contribution in [0.5, 0.6) is 5.75 Å². The molecule has 2 aromatic carbocycles. The van der Waals surface area contributed by atoms with E-state index in [0.29, 0.717) is 37.2 Å². The predicted molar refractivity (Wildman–Crippen MR) is 151 cm³/mol. The summed E-state index contributed by atoms with van der Waals surface area (Å²) in [7, 11) is -2.29. The second-order valence-electron chi connectivity index (χ2n) is 11.4. The lowest BCUT2D eigenvalue weighted by Crippen LogP contribution is -2.49. The van der Waals surface area contributed by atoms with Gasteiger partial charge in [0.05, 0.1) is 23.3 Å². The van der Waals surface area contributed by atoms with Crippen LogP contribution in [0.25, 0.3) is 0 Å². The molecule has 2 bridgehead atoms. The number of ether oxygens (including phenoxy) is 2. The number of halogens is 1. The molecule has 0 unspecified atom stereocenters. The van der Waals surface area contributed by atoms with Crippen molar-refractivity contribution in [1.82, 2.24) is 4.72 Å². The fourth-order valence-corrected chi connectivity index (χ4v) is 8.13. The number of allylic oxidation sites excluding steroid dienone is 1. The van der Waals surface area contributed by atoms with E-state index in [2.05, 4.69) is 21.8 Å². The van der Waals surface area contributed by atoms with Gasteiger partial charge in [0.1, 0.15) is 5.75 Å². The second kappa shape index (κ2) is 10.5. The highest BCUT2D eigenvalue weighted by Gasteiger charge is 2.44. The fraction of sp³-hybridized carbons (Fsp3) is 0.500. The van der Waals surface area contributed by atoms with Crippen LogP contribution >= 0.6 is 11.6 Å². The van der Waals surface area contributed by atoms with Gasteiger partial charge in [-0.05, 0) is 91.8 Å². The van der Waals surface area contributed by atoms with Crippen molar-refractivity contribution in [2.24, 2.45) is 11.8 Å². The summed E-state index contributed by atoms with van der Waals surface area (Å²) < 4.78 is 41.0. The molecule has 0 saturated heterocycles.